The lowest BCUT2D eigenvalue weighted by Gasteiger charge is -2.22. The van der Waals surface area contributed by atoms with Crippen molar-refractivity contribution < 1.29 is 18.0 Å². The molecule has 6 rings (SSSR count). The van der Waals surface area contributed by atoms with Crippen LogP contribution in [0.2, 0.25) is 0 Å². The number of hydrogen-bond acceptors (Lipinski definition) is 9. The number of aromatic nitrogens is 5. The molecule has 0 bridgehead atoms. The molecule has 12 nitrogen and oxygen atoms in total. The van der Waals surface area contributed by atoms with E-state index in [1.165, 1.54) is 16.2 Å². The fraction of sp³-hybridized carbons (Fsp3) is 0.519. The monoisotopic (exact) mass is 598 g/mol. The van der Waals surface area contributed by atoms with Crippen LogP contribution in [0.1, 0.15) is 58.5 Å². The molecule has 0 atom stereocenters. The summed E-state index contributed by atoms with van der Waals surface area (Å²) in [5, 5.41) is 4.61. The number of imidazole rings is 1. The van der Waals surface area contributed by atoms with Crippen LogP contribution in [0, 0.1) is 6.92 Å². The molecular formula is C27H34N8O4S2. The summed E-state index contributed by atoms with van der Waals surface area (Å²) in [6, 6.07) is 2.64. The summed E-state index contributed by atoms with van der Waals surface area (Å²) in [5.74, 6) is 0.153. The Morgan fingerprint density at radius 2 is 1.83 bits per heavy atom. The molecule has 1 N–H and O–H groups in total. The number of sulfone groups is 1. The number of aryl methyl sites for hydroxylation is 3. The van der Waals surface area contributed by atoms with Gasteiger partial charge in [0.2, 0.25) is 0 Å². The standard InChI is InChI=1S/C27H34N8O4S2/c1-6-34-19(25(36)35(16-7-8-16)17-9-10-17)13-18-21-20(28-14-33(21)4)23(30-24(18)34)31-27-29-15(2)22(40-27)26(37)32(3)11-12-41(5,38)39/h13-14,16-17H,6-12H2,1-5H3,(H,29,30,31). The zero-order valence-electron chi connectivity index (χ0n) is 23.8. The highest BCUT2D eigenvalue weighted by atomic mass is 32.2. The van der Waals surface area contributed by atoms with E-state index >= 15 is 0 Å². The molecule has 4 heterocycles. The maximum Gasteiger partial charge on any atom is 0.271 e. The highest BCUT2D eigenvalue weighted by Gasteiger charge is 2.43. The van der Waals surface area contributed by atoms with Crippen LogP contribution in [0.3, 0.4) is 0 Å². The summed E-state index contributed by atoms with van der Waals surface area (Å²) < 4.78 is 27.0. The second-order valence-corrected chi connectivity index (χ2v) is 14.4. The number of pyridine rings is 1. The van der Waals surface area contributed by atoms with Crippen molar-refractivity contribution in [3.63, 3.8) is 0 Å². The maximum absolute atomic E-state index is 13.8. The van der Waals surface area contributed by atoms with Crippen molar-refractivity contribution in [2.24, 2.45) is 7.05 Å². The molecule has 0 aromatic carbocycles. The van der Waals surface area contributed by atoms with Crippen LogP contribution in [0.5, 0.6) is 0 Å². The summed E-state index contributed by atoms with van der Waals surface area (Å²) in [6.07, 6.45) is 7.14. The molecule has 2 aliphatic rings. The van der Waals surface area contributed by atoms with Gasteiger partial charge in [-0.05, 0) is 45.6 Å². The van der Waals surface area contributed by atoms with Crippen molar-refractivity contribution in [2.75, 3.05) is 30.9 Å². The van der Waals surface area contributed by atoms with Crippen molar-refractivity contribution in [3.05, 3.63) is 28.7 Å². The molecule has 2 amide bonds. The summed E-state index contributed by atoms with van der Waals surface area (Å²) in [7, 11) is 0.303. The third kappa shape index (κ3) is 5.18. The topological polar surface area (TPSA) is 135 Å². The van der Waals surface area contributed by atoms with E-state index in [0.29, 0.717) is 57.0 Å². The molecule has 0 unspecified atom stereocenters. The van der Waals surface area contributed by atoms with Crippen LogP contribution in [-0.2, 0) is 23.4 Å². The van der Waals surface area contributed by atoms with Gasteiger partial charge in [-0.25, -0.2) is 23.4 Å². The highest BCUT2D eigenvalue weighted by molar-refractivity contribution is 7.90. The third-order valence-corrected chi connectivity index (χ3v) is 9.70. The van der Waals surface area contributed by atoms with Crippen LogP contribution < -0.4 is 5.32 Å². The fourth-order valence-corrected chi connectivity index (χ4v) is 6.86. The summed E-state index contributed by atoms with van der Waals surface area (Å²) in [6.45, 7) is 4.44. The van der Waals surface area contributed by atoms with Gasteiger partial charge in [-0.3, -0.25) is 9.59 Å². The maximum atomic E-state index is 13.8. The van der Waals surface area contributed by atoms with Crippen LogP contribution >= 0.6 is 11.3 Å². The minimum Gasteiger partial charge on any atom is -0.340 e. The van der Waals surface area contributed by atoms with Crippen LogP contribution in [0.25, 0.3) is 22.1 Å². The van der Waals surface area contributed by atoms with E-state index in [2.05, 4.69) is 20.2 Å². The number of anilines is 2. The van der Waals surface area contributed by atoms with Crippen molar-refractivity contribution >= 4 is 66.0 Å². The van der Waals surface area contributed by atoms with Gasteiger partial charge in [0.25, 0.3) is 11.8 Å². The molecule has 0 radical (unpaired) electrons. The molecule has 2 fully saturated rings. The molecule has 2 saturated carbocycles. The lowest BCUT2D eigenvalue weighted by molar-refractivity contribution is 0.0718. The molecule has 218 valence electrons. The van der Waals surface area contributed by atoms with E-state index in [1.807, 2.05) is 29.2 Å². The van der Waals surface area contributed by atoms with Crippen molar-refractivity contribution in [3.8, 4) is 0 Å². The average Bonchev–Trinajstić information content (AvgIpc) is 3.83. The minimum absolute atomic E-state index is 0.0679. The number of carbonyl (C=O) groups excluding carboxylic acids is 2. The van der Waals surface area contributed by atoms with Gasteiger partial charge in [-0.1, -0.05) is 11.3 Å². The van der Waals surface area contributed by atoms with Crippen molar-refractivity contribution in [1.29, 1.82) is 0 Å². The number of amides is 2. The number of carbonyl (C=O) groups is 2. The molecule has 0 aliphatic heterocycles. The molecule has 2 aliphatic carbocycles. The molecule has 41 heavy (non-hydrogen) atoms. The molecule has 14 heteroatoms. The SMILES string of the molecule is CCn1c(C(=O)N(C2CC2)C2CC2)cc2c3c(ncn3C)c(Nc3nc(C)c(C(=O)N(C)CCS(C)(=O)=O)s3)nc21. The van der Waals surface area contributed by atoms with Gasteiger partial charge in [0.1, 0.15) is 31.6 Å². The first-order valence-corrected chi connectivity index (χ1v) is 16.7. The van der Waals surface area contributed by atoms with Gasteiger partial charge < -0.3 is 24.3 Å². The van der Waals surface area contributed by atoms with Gasteiger partial charge in [0, 0.05) is 50.9 Å². The number of hydrogen-bond donors (Lipinski definition) is 1. The van der Waals surface area contributed by atoms with E-state index in [1.54, 1.807) is 20.3 Å². The Balaban J connectivity index is 1.36. The predicted molar refractivity (Wildman–Crippen MR) is 159 cm³/mol. The normalized spacial score (nSPS) is 15.5. The van der Waals surface area contributed by atoms with Gasteiger partial charge in [0.15, 0.2) is 10.9 Å². The Morgan fingerprint density at radius 1 is 1.15 bits per heavy atom. The van der Waals surface area contributed by atoms with E-state index in [9.17, 15) is 18.0 Å². The van der Waals surface area contributed by atoms with Crippen molar-refractivity contribution in [2.45, 2.75) is 58.2 Å². The number of nitrogens with one attached hydrogen (secondary N) is 1. The Morgan fingerprint density at radius 3 is 2.44 bits per heavy atom. The minimum atomic E-state index is -3.20. The second-order valence-electron chi connectivity index (χ2n) is 11.1. The number of thiazole rings is 1. The van der Waals surface area contributed by atoms with Gasteiger partial charge >= 0.3 is 0 Å². The van der Waals surface area contributed by atoms with Gasteiger partial charge in [-0.2, -0.15) is 0 Å². The van der Waals surface area contributed by atoms with Crippen LogP contribution in [-0.4, -0.2) is 91.8 Å². The lowest BCUT2D eigenvalue weighted by atomic mass is 10.2. The smallest absolute Gasteiger partial charge is 0.271 e. The van der Waals surface area contributed by atoms with E-state index in [4.69, 9.17) is 4.98 Å². The summed E-state index contributed by atoms with van der Waals surface area (Å²) in [5.41, 5.74) is 3.36. The Kier molecular flexibility index (Phi) is 6.80. The van der Waals surface area contributed by atoms with Crippen molar-refractivity contribution in [1.82, 2.24) is 33.9 Å². The first-order valence-electron chi connectivity index (χ1n) is 13.8. The molecule has 4 aromatic rings. The first-order chi connectivity index (χ1) is 19.5. The van der Waals surface area contributed by atoms with Gasteiger partial charge in [-0.15, -0.1) is 0 Å². The quantitative estimate of drug-likeness (QED) is 0.294. The lowest BCUT2D eigenvalue weighted by Crippen LogP contribution is -2.36. The molecule has 0 saturated heterocycles. The second kappa shape index (κ2) is 10.1. The fourth-order valence-electron chi connectivity index (χ4n) is 5.29. The highest BCUT2D eigenvalue weighted by Crippen LogP contribution is 2.40. The summed E-state index contributed by atoms with van der Waals surface area (Å²) >= 11 is 1.18. The Labute approximate surface area is 242 Å². The molecule has 4 aromatic heterocycles. The van der Waals surface area contributed by atoms with Gasteiger partial charge in [0.05, 0.1) is 23.3 Å². The third-order valence-electron chi connectivity index (χ3n) is 7.71. The van der Waals surface area contributed by atoms with Crippen LogP contribution in [0.15, 0.2) is 12.4 Å². The number of fused-ring (bicyclic) bond motifs is 3. The van der Waals surface area contributed by atoms with E-state index in [0.717, 1.165) is 42.8 Å². The van der Waals surface area contributed by atoms with E-state index in [-0.39, 0.29) is 24.1 Å². The Hall–Kier alpha value is -3.52. The van der Waals surface area contributed by atoms with Crippen LogP contribution in [0.4, 0.5) is 10.9 Å². The van der Waals surface area contributed by atoms with E-state index < -0.39 is 9.84 Å². The largest absolute Gasteiger partial charge is 0.340 e. The average molecular weight is 599 g/mol. The molecular weight excluding hydrogens is 564 g/mol. The zero-order chi connectivity index (χ0) is 29.2. The predicted octanol–water partition coefficient (Wildman–Crippen LogP) is 3.34. The first kappa shape index (κ1) is 27.6. The Bertz CT molecular complexity index is 1780. The zero-order valence-corrected chi connectivity index (χ0v) is 25.5. The number of nitrogens with zero attached hydrogens (tertiary/aromatic N) is 7. The number of rotatable bonds is 10. The summed E-state index contributed by atoms with van der Waals surface area (Å²) in [4.78, 5) is 44.9. The molecule has 0 spiro atoms.